The van der Waals surface area contributed by atoms with Gasteiger partial charge >= 0.3 is 0 Å². The zero-order valence-electron chi connectivity index (χ0n) is 18.4. The topological polar surface area (TPSA) is 31.8 Å². The highest BCUT2D eigenvalue weighted by molar-refractivity contribution is 5.44. The van der Waals surface area contributed by atoms with Gasteiger partial charge in [0.1, 0.15) is 0 Å². The van der Waals surface area contributed by atoms with Crippen LogP contribution in [-0.4, -0.2) is 73.3 Å². The molecule has 1 atom stereocenters. The van der Waals surface area contributed by atoms with Crippen molar-refractivity contribution in [3.05, 3.63) is 60.4 Å². The predicted molar refractivity (Wildman–Crippen MR) is 123 cm³/mol. The van der Waals surface area contributed by atoms with E-state index in [0.29, 0.717) is 0 Å². The molecule has 1 aromatic carbocycles. The first-order valence-electron chi connectivity index (χ1n) is 11.5. The van der Waals surface area contributed by atoms with Gasteiger partial charge in [0.15, 0.2) is 0 Å². The molecular formula is C25H36N4O. The third-order valence-electron chi connectivity index (χ3n) is 6.79. The maximum absolute atomic E-state index is 5.89. The van der Waals surface area contributed by atoms with Gasteiger partial charge in [0.2, 0.25) is 0 Å². The molecule has 5 nitrogen and oxygen atoms in total. The third-order valence-corrected chi connectivity index (χ3v) is 6.79. The van der Waals surface area contributed by atoms with Gasteiger partial charge in [-0.05, 0) is 49.9 Å². The average molecular weight is 409 g/mol. The van der Waals surface area contributed by atoms with Crippen molar-refractivity contribution in [1.29, 1.82) is 0 Å². The maximum Gasteiger partial charge on any atom is 0.0484 e. The van der Waals surface area contributed by atoms with Gasteiger partial charge in [0.05, 0.1) is 0 Å². The van der Waals surface area contributed by atoms with Crippen LogP contribution in [0.4, 0.5) is 5.69 Å². The molecule has 2 saturated heterocycles. The molecule has 2 aliphatic heterocycles. The molecule has 1 aromatic heterocycles. The van der Waals surface area contributed by atoms with E-state index in [0.717, 1.165) is 52.2 Å². The van der Waals surface area contributed by atoms with Gasteiger partial charge in [-0.15, -0.1) is 0 Å². The van der Waals surface area contributed by atoms with E-state index in [1.54, 1.807) is 0 Å². The second-order valence-corrected chi connectivity index (χ2v) is 8.85. The normalized spacial score (nSPS) is 24.2. The Labute approximate surface area is 181 Å². The second kappa shape index (κ2) is 10.4. The Hall–Kier alpha value is -1.95. The molecule has 2 aromatic rings. The summed E-state index contributed by atoms with van der Waals surface area (Å²) in [5.74, 6) is 0. The SMILES string of the molecule is CN(CC1(N2CCCN(Cc3ccccc3)CC2)CCCOCC1)c1ccncc1. The Bertz CT molecular complexity index is 746. The number of hydrogen-bond donors (Lipinski definition) is 0. The van der Waals surface area contributed by atoms with Crippen LogP contribution in [0.15, 0.2) is 54.9 Å². The zero-order chi connectivity index (χ0) is 20.7. The van der Waals surface area contributed by atoms with Crippen LogP contribution in [0.2, 0.25) is 0 Å². The molecule has 5 heteroatoms. The summed E-state index contributed by atoms with van der Waals surface area (Å²) in [6.45, 7) is 8.49. The van der Waals surface area contributed by atoms with Crippen LogP contribution in [0.5, 0.6) is 0 Å². The first-order valence-corrected chi connectivity index (χ1v) is 11.5. The number of nitrogens with zero attached hydrogens (tertiary/aromatic N) is 4. The standard InChI is InChI=1S/C25H36N4O/c1-27(24-9-13-26-14-10-24)22-25(11-5-19-30-20-12-25)29-16-6-15-28(17-18-29)21-23-7-3-2-4-8-23/h2-4,7-10,13-14H,5-6,11-12,15-22H2,1H3. The van der Waals surface area contributed by atoms with E-state index in [2.05, 4.69) is 69.2 Å². The monoisotopic (exact) mass is 408 g/mol. The van der Waals surface area contributed by atoms with Gasteiger partial charge in [-0.1, -0.05) is 30.3 Å². The minimum atomic E-state index is 0.178. The van der Waals surface area contributed by atoms with E-state index >= 15 is 0 Å². The molecule has 0 amide bonds. The van der Waals surface area contributed by atoms with Crippen LogP contribution in [-0.2, 0) is 11.3 Å². The number of rotatable bonds is 6. The van der Waals surface area contributed by atoms with Crippen molar-refractivity contribution < 1.29 is 4.74 Å². The molecule has 0 bridgehead atoms. The Morgan fingerprint density at radius 2 is 1.77 bits per heavy atom. The minimum Gasteiger partial charge on any atom is -0.381 e. The van der Waals surface area contributed by atoms with Crippen LogP contribution in [0.1, 0.15) is 31.2 Å². The van der Waals surface area contributed by atoms with E-state index < -0.39 is 0 Å². The smallest absolute Gasteiger partial charge is 0.0484 e. The maximum atomic E-state index is 5.89. The van der Waals surface area contributed by atoms with Gasteiger partial charge in [0.25, 0.3) is 0 Å². The lowest BCUT2D eigenvalue weighted by atomic mass is 9.87. The molecule has 2 fully saturated rings. The summed E-state index contributed by atoms with van der Waals surface area (Å²) in [6, 6.07) is 15.1. The molecule has 0 aliphatic carbocycles. The molecular weight excluding hydrogens is 372 g/mol. The Morgan fingerprint density at radius 3 is 2.60 bits per heavy atom. The molecule has 0 N–H and O–H groups in total. The largest absolute Gasteiger partial charge is 0.381 e. The van der Waals surface area contributed by atoms with Crippen LogP contribution in [0.25, 0.3) is 0 Å². The Morgan fingerprint density at radius 1 is 0.933 bits per heavy atom. The molecule has 0 radical (unpaired) electrons. The highest BCUT2D eigenvalue weighted by atomic mass is 16.5. The van der Waals surface area contributed by atoms with Gasteiger partial charge in [0, 0.05) is 76.6 Å². The summed E-state index contributed by atoms with van der Waals surface area (Å²) >= 11 is 0. The van der Waals surface area contributed by atoms with Gasteiger partial charge in [-0.3, -0.25) is 14.8 Å². The lowest BCUT2D eigenvalue weighted by Gasteiger charge is -2.46. The summed E-state index contributed by atoms with van der Waals surface area (Å²) in [4.78, 5) is 12.0. The quantitative estimate of drug-likeness (QED) is 0.728. The first-order chi connectivity index (χ1) is 14.8. The van der Waals surface area contributed by atoms with Crippen molar-refractivity contribution in [3.8, 4) is 0 Å². The fourth-order valence-corrected chi connectivity index (χ4v) is 5.14. The highest BCUT2D eigenvalue weighted by Crippen LogP contribution is 2.32. The molecule has 3 heterocycles. The van der Waals surface area contributed by atoms with Crippen molar-refractivity contribution in [2.75, 3.05) is 57.9 Å². The van der Waals surface area contributed by atoms with E-state index in [9.17, 15) is 0 Å². The molecule has 4 rings (SSSR count). The summed E-state index contributed by atoms with van der Waals surface area (Å²) in [6.07, 6.45) is 8.48. The average Bonchev–Trinajstić information content (AvgIpc) is 3.17. The van der Waals surface area contributed by atoms with Gasteiger partial charge < -0.3 is 9.64 Å². The van der Waals surface area contributed by atoms with E-state index in [1.807, 2.05) is 12.4 Å². The van der Waals surface area contributed by atoms with Crippen molar-refractivity contribution in [1.82, 2.24) is 14.8 Å². The number of aromatic nitrogens is 1. The van der Waals surface area contributed by atoms with Crippen molar-refractivity contribution in [3.63, 3.8) is 0 Å². The third kappa shape index (κ3) is 5.39. The van der Waals surface area contributed by atoms with E-state index in [1.165, 1.54) is 37.2 Å². The van der Waals surface area contributed by atoms with Crippen LogP contribution >= 0.6 is 0 Å². The van der Waals surface area contributed by atoms with Crippen molar-refractivity contribution >= 4 is 5.69 Å². The zero-order valence-corrected chi connectivity index (χ0v) is 18.4. The van der Waals surface area contributed by atoms with Crippen LogP contribution < -0.4 is 4.90 Å². The minimum absolute atomic E-state index is 0.178. The predicted octanol–water partition coefficient (Wildman–Crippen LogP) is 3.67. The molecule has 30 heavy (non-hydrogen) atoms. The molecule has 1 unspecified atom stereocenters. The summed E-state index contributed by atoms with van der Waals surface area (Å²) in [5, 5.41) is 0. The molecule has 162 valence electrons. The summed E-state index contributed by atoms with van der Waals surface area (Å²) in [7, 11) is 2.22. The number of pyridine rings is 1. The number of likely N-dealkylation sites (N-methyl/N-ethyl adjacent to an activating group) is 1. The highest BCUT2D eigenvalue weighted by Gasteiger charge is 2.39. The Balaban J connectivity index is 1.46. The number of ether oxygens (including phenoxy) is 1. The summed E-state index contributed by atoms with van der Waals surface area (Å²) < 4.78 is 5.89. The molecule has 2 aliphatic rings. The number of benzene rings is 1. The van der Waals surface area contributed by atoms with Gasteiger partial charge in [-0.25, -0.2) is 0 Å². The van der Waals surface area contributed by atoms with Crippen LogP contribution in [0, 0.1) is 0 Å². The van der Waals surface area contributed by atoms with E-state index in [-0.39, 0.29) is 5.54 Å². The van der Waals surface area contributed by atoms with Crippen molar-refractivity contribution in [2.45, 2.75) is 37.8 Å². The fraction of sp³-hybridized carbons (Fsp3) is 0.560. The molecule has 0 spiro atoms. The lowest BCUT2D eigenvalue weighted by molar-refractivity contribution is 0.0688. The second-order valence-electron chi connectivity index (χ2n) is 8.85. The number of anilines is 1. The van der Waals surface area contributed by atoms with Crippen molar-refractivity contribution in [2.24, 2.45) is 0 Å². The molecule has 0 saturated carbocycles. The summed E-state index contributed by atoms with van der Waals surface area (Å²) in [5.41, 5.74) is 2.84. The van der Waals surface area contributed by atoms with Crippen LogP contribution in [0.3, 0.4) is 0 Å². The van der Waals surface area contributed by atoms with E-state index in [4.69, 9.17) is 4.74 Å². The lowest BCUT2D eigenvalue weighted by Crippen LogP contribution is -2.56. The first kappa shape index (κ1) is 21.3. The number of hydrogen-bond acceptors (Lipinski definition) is 5. The van der Waals surface area contributed by atoms with Gasteiger partial charge in [-0.2, -0.15) is 0 Å². The fourth-order valence-electron chi connectivity index (χ4n) is 5.14. The Kier molecular flexibility index (Phi) is 7.37.